The van der Waals surface area contributed by atoms with Gasteiger partial charge < -0.3 is 5.73 Å². The van der Waals surface area contributed by atoms with Crippen LogP contribution in [0.4, 0.5) is 0 Å². The first-order valence-corrected chi connectivity index (χ1v) is 4.15. The largest absolute Gasteiger partial charge is 0.328 e. The van der Waals surface area contributed by atoms with Gasteiger partial charge in [0.1, 0.15) is 0 Å². The molecule has 2 N–H and O–H groups in total. The van der Waals surface area contributed by atoms with Crippen LogP contribution in [0.5, 0.6) is 0 Å². The lowest BCUT2D eigenvalue weighted by Gasteiger charge is -2.08. The number of rotatable bonds is 6. The van der Waals surface area contributed by atoms with E-state index in [2.05, 4.69) is 6.92 Å². The summed E-state index contributed by atoms with van der Waals surface area (Å²) in [4.78, 5) is 0. The molecule has 0 aliphatic heterocycles. The van der Waals surface area contributed by atoms with Crippen LogP contribution in [0, 0.1) is 0 Å². The molecule has 0 aromatic rings. The predicted octanol–water partition coefficient (Wildman–Crippen LogP) is 1.71. The van der Waals surface area contributed by atoms with Crippen LogP contribution in [0.15, 0.2) is 0 Å². The van der Waals surface area contributed by atoms with E-state index in [1.54, 1.807) is 0 Å². The highest BCUT2D eigenvalue weighted by Crippen LogP contribution is 2.03. The maximum absolute atomic E-state index is 10.1. The number of nitrogens with two attached hydrogens (primary N) is 1. The molecular weight excluding hydrogens is 126 g/mol. The van der Waals surface area contributed by atoms with Crippen molar-refractivity contribution in [1.29, 1.82) is 0 Å². The van der Waals surface area contributed by atoms with Gasteiger partial charge in [0.15, 0.2) is 0 Å². The lowest BCUT2D eigenvalue weighted by atomic mass is 10.1. The number of hydrogen-bond acceptors (Lipinski definition) is 1. The fourth-order valence-corrected chi connectivity index (χ4v) is 0.956. The molecule has 0 aromatic heterocycles. The third-order valence-electron chi connectivity index (χ3n) is 1.65. The van der Waals surface area contributed by atoms with E-state index in [0.29, 0.717) is 0 Å². The molecule has 0 rings (SSSR count). The summed E-state index contributed by atoms with van der Waals surface area (Å²) in [5.41, 5.74) is 5.71. The second-order valence-electron chi connectivity index (χ2n) is 2.75. The van der Waals surface area contributed by atoms with Crippen LogP contribution in [-0.4, -0.2) is 12.6 Å². The topological polar surface area (TPSA) is 45.9 Å². The minimum Gasteiger partial charge on any atom is -0.328 e. The van der Waals surface area contributed by atoms with E-state index >= 15 is 0 Å². The second kappa shape index (κ2) is 7.03. The van der Waals surface area contributed by atoms with Gasteiger partial charge in [0, 0.05) is 6.04 Å². The zero-order chi connectivity index (χ0) is 7.82. The molecular formula is C8H18NO. The summed E-state index contributed by atoms with van der Waals surface area (Å²) in [6, 6.07) is 0.272. The monoisotopic (exact) mass is 144 g/mol. The molecule has 61 valence electrons. The van der Waals surface area contributed by atoms with Crippen LogP contribution < -0.4 is 5.73 Å². The molecule has 0 fully saturated rings. The highest BCUT2D eigenvalue weighted by atomic mass is 16.2. The minimum absolute atomic E-state index is 0.0276. The molecule has 1 radical (unpaired) electrons. The van der Waals surface area contributed by atoms with Crippen LogP contribution in [0.3, 0.4) is 0 Å². The molecule has 10 heavy (non-hydrogen) atoms. The molecule has 2 heteroatoms. The molecule has 0 aromatic carbocycles. The van der Waals surface area contributed by atoms with Gasteiger partial charge in [-0.3, -0.25) is 0 Å². The summed E-state index contributed by atoms with van der Waals surface area (Å²) in [5.74, 6) is 0. The lowest BCUT2D eigenvalue weighted by molar-refractivity contribution is 0.184. The highest BCUT2D eigenvalue weighted by Gasteiger charge is 1.99. The van der Waals surface area contributed by atoms with Crippen molar-refractivity contribution in [3.63, 3.8) is 0 Å². The summed E-state index contributed by atoms with van der Waals surface area (Å²) in [5, 5.41) is 10.1. The van der Waals surface area contributed by atoms with Crippen molar-refractivity contribution in [3.05, 3.63) is 0 Å². The Morgan fingerprint density at radius 2 is 1.90 bits per heavy atom. The minimum atomic E-state index is 0.0276. The average Bonchev–Trinajstić information content (AvgIpc) is 1.97. The van der Waals surface area contributed by atoms with Gasteiger partial charge in [-0.05, 0) is 19.3 Å². The normalized spacial score (nSPS) is 13.5. The first kappa shape index (κ1) is 9.92. The smallest absolute Gasteiger partial charge is 0.0822 e. The molecule has 0 spiro atoms. The molecule has 0 aliphatic rings. The molecule has 2 nitrogen and oxygen atoms in total. The van der Waals surface area contributed by atoms with Gasteiger partial charge in [-0.2, -0.15) is 0 Å². The third-order valence-corrected chi connectivity index (χ3v) is 1.65. The van der Waals surface area contributed by atoms with Crippen molar-refractivity contribution in [2.45, 2.75) is 45.1 Å². The molecule has 1 atom stereocenters. The Kier molecular flexibility index (Phi) is 6.98. The zero-order valence-electron chi connectivity index (χ0n) is 6.81. The summed E-state index contributed by atoms with van der Waals surface area (Å²) >= 11 is 0. The number of hydrogen-bond donors (Lipinski definition) is 1. The maximum atomic E-state index is 10.1. The zero-order valence-corrected chi connectivity index (χ0v) is 6.81. The van der Waals surface area contributed by atoms with Crippen molar-refractivity contribution in [1.82, 2.24) is 0 Å². The summed E-state index contributed by atoms with van der Waals surface area (Å²) in [6.07, 6.45) is 5.12. The van der Waals surface area contributed by atoms with Crippen molar-refractivity contribution in [2.24, 2.45) is 5.73 Å². The van der Waals surface area contributed by atoms with Crippen molar-refractivity contribution in [2.75, 3.05) is 6.61 Å². The van der Waals surface area contributed by atoms with Gasteiger partial charge in [-0.1, -0.05) is 19.8 Å². The lowest BCUT2D eigenvalue weighted by Crippen LogP contribution is -2.19. The van der Waals surface area contributed by atoms with E-state index in [9.17, 15) is 5.11 Å². The first-order valence-electron chi connectivity index (χ1n) is 4.15. The Hall–Kier alpha value is -0.0800. The van der Waals surface area contributed by atoms with Crippen LogP contribution in [0.25, 0.3) is 0 Å². The van der Waals surface area contributed by atoms with Crippen LogP contribution >= 0.6 is 0 Å². The van der Waals surface area contributed by atoms with Gasteiger partial charge in [-0.15, -0.1) is 0 Å². The van der Waals surface area contributed by atoms with Crippen molar-refractivity contribution < 1.29 is 5.11 Å². The predicted molar refractivity (Wildman–Crippen MR) is 42.3 cm³/mol. The van der Waals surface area contributed by atoms with Crippen LogP contribution in [0.2, 0.25) is 0 Å². The summed E-state index contributed by atoms with van der Waals surface area (Å²) in [6.45, 7) is 2.18. The third kappa shape index (κ3) is 6.05. The van der Waals surface area contributed by atoms with Gasteiger partial charge in [0.05, 0.1) is 6.61 Å². The van der Waals surface area contributed by atoms with Gasteiger partial charge in [0.2, 0.25) is 0 Å². The first-order chi connectivity index (χ1) is 4.81. The maximum Gasteiger partial charge on any atom is 0.0822 e. The van der Waals surface area contributed by atoms with Gasteiger partial charge in [-0.25, -0.2) is 5.11 Å². The molecule has 0 saturated carbocycles. The van der Waals surface area contributed by atoms with E-state index in [0.717, 1.165) is 19.3 Å². The Balaban J connectivity index is 3.00. The fraction of sp³-hybridized carbons (Fsp3) is 1.00. The molecule has 0 amide bonds. The Morgan fingerprint density at radius 3 is 2.40 bits per heavy atom. The summed E-state index contributed by atoms with van der Waals surface area (Å²) in [7, 11) is 0. The van der Waals surface area contributed by atoms with Crippen molar-refractivity contribution in [3.8, 4) is 0 Å². The average molecular weight is 144 g/mol. The molecule has 0 saturated heterocycles. The molecule has 1 unspecified atom stereocenters. The Bertz CT molecular complexity index is 58.3. The second-order valence-corrected chi connectivity index (χ2v) is 2.75. The quantitative estimate of drug-likeness (QED) is 0.606. The van der Waals surface area contributed by atoms with E-state index in [1.807, 2.05) is 0 Å². The van der Waals surface area contributed by atoms with E-state index in [-0.39, 0.29) is 12.6 Å². The van der Waals surface area contributed by atoms with E-state index < -0.39 is 0 Å². The standard InChI is InChI=1S/C8H18NO/c1-2-3-5-8(9)6-4-7-10/h8H,2-7,9H2,1H3. The highest BCUT2D eigenvalue weighted by molar-refractivity contribution is 4.59. The molecule has 0 bridgehead atoms. The fourth-order valence-electron chi connectivity index (χ4n) is 0.956. The Labute approximate surface area is 63.4 Å². The van der Waals surface area contributed by atoms with Crippen LogP contribution in [-0.2, 0) is 5.11 Å². The van der Waals surface area contributed by atoms with Crippen molar-refractivity contribution >= 4 is 0 Å². The SMILES string of the molecule is CCCCC(N)CCC[O]. The van der Waals surface area contributed by atoms with E-state index in [1.165, 1.54) is 12.8 Å². The van der Waals surface area contributed by atoms with Gasteiger partial charge >= 0.3 is 0 Å². The molecule has 0 heterocycles. The Morgan fingerprint density at radius 1 is 1.30 bits per heavy atom. The summed E-state index contributed by atoms with van der Waals surface area (Å²) < 4.78 is 0. The van der Waals surface area contributed by atoms with Gasteiger partial charge in [0.25, 0.3) is 0 Å². The molecule has 0 aliphatic carbocycles. The van der Waals surface area contributed by atoms with E-state index in [4.69, 9.17) is 5.73 Å². The van der Waals surface area contributed by atoms with Crippen LogP contribution in [0.1, 0.15) is 39.0 Å². The number of unbranched alkanes of at least 4 members (excludes halogenated alkanes) is 1.